The fraction of sp³-hybridized carbons (Fsp3) is 0.700. The van der Waals surface area contributed by atoms with Gasteiger partial charge in [-0.15, -0.1) is 0 Å². The first-order valence-electron chi connectivity index (χ1n) is 9.26. The molecular formula is C20H29NO. The van der Waals surface area contributed by atoms with Crippen LogP contribution in [-0.4, -0.2) is 31.1 Å². The van der Waals surface area contributed by atoms with Gasteiger partial charge in [0.15, 0.2) is 0 Å². The fourth-order valence-corrected chi connectivity index (χ4v) is 5.27. The van der Waals surface area contributed by atoms with Crippen molar-refractivity contribution in [2.45, 2.75) is 63.3 Å². The lowest BCUT2D eigenvalue weighted by atomic mass is 9.79. The van der Waals surface area contributed by atoms with Gasteiger partial charge in [0.05, 0.1) is 7.11 Å². The zero-order chi connectivity index (χ0) is 14.9. The van der Waals surface area contributed by atoms with Crippen molar-refractivity contribution >= 4 is 0 Å². The smallest absolute Gasteiger partial charge is 0.122 e. The van der Waals surface area contributed by atoms with E-state index in [0.717, 1.165) is 23.6 Å². The average molecular weight is 299 g/mol. The van der Waals surface area contributed by atoms with Crippen LogP contribution in [0.15, 0.2) is 18.2 Å². The number of methoxy groups -OCH3 is 1. The van der Waals surface area contributed by atoms with E-state index in [1.54, 1.807) is 5.56 Å². The predicted octanol–water partition coefficient (Wildman–Crippen LogP) is 4.38. The standard InChI is InChI=1S/C20H29NO/c1-22-20-9-5-8-16-17-12-13-21(19(17)11-10-18(16)20)14-15-6-3-2-4-7-15/h5,8-9,15,17,19H,2-4,6-7,10-14H2,1H3/t17-,19+/m0/s1. The summed E-state index contributed by atoms with van der Waals surface area (Å²) in [5.41, 5.74) is 3.08. The molecule has 22 heavy (non-hydrogen) atoms. The number of ether oxygens (including phenoxy) is 1. The molecule has 0 amide bonds. The molecule has 120 valence electrons. The van der Waals surface area contributed by atoms with Gasteiger partial charge in [-0.3, -0.25) is 4.90 Å². The van der Waals surface area contributed by atoms with Gasteiger partial charge in [-0.05, 0) is 61.8 Å². The summed E-state index contributed by atoms with van der Waals surface area (Å²) in [6.07, 6.45) is 11.2. The minimum Gasteiger partial charge on any atom is -0.496 e. The summed E-state index contributed by atoms with van der Waals surface area (Å²) in [4.78, 5) is 2.84. The molecule has 1 saturated carbocycles. The number of fused-ring (bicyclic) bond motifs is 3. The number of nitrogens with zero attached hydrogens (tertiary/aromatic N) is 1. The van der Waals surface area contributed by atoms with Crippen molar-refractivity contribution in [2.75, 3.05) is 20.2 Å². The van der Waals surface area contributed by atoms with Crippen LogP contribution in [0, 0.1) is 5.92 Å². The van der Waals surface area contributed by atoms with E-state index in [1.807, 2.05) is 7.11 Å². The molecule has 3 aliphatic rings. The van der Waals surface area contributed by atoms with Crippen LogP contribution >= 0.6 is 0 Å². The third kappa shape index (κ3) is 2.56. The molecule has 0 N–H and O–H groups in total. The number of hydrogen-bond donors (Lipinski definition) is 0. The molecule has 2 heteroatoms. The maximum atomic E-state index is 5.60. The van der Waals surface area contributed by atoms with Crippen molar-refractivity contribution in [1.29, 1.82) is 0 Å². The van der Waals surface area contributed by atoms with Gasteiger partial charge in [-0.2, -0.15) is 0 Å². The molecule has 0 unspecified atom stereocenters. The lowest BCUT2D eigenvalue weighted by molar-refractivity contribution is 0.172. The second-order valence-corrected chi connectivity index (χ2v) is 7.53. The normalized spacial score (nSPS) is 29.1. The summed E-state index contributed by atoms with van der Waals surface area (Å²) in [6.45, 7) is 2.67. The van der Waals surface area contributed by atoms with Gasteiger partial charge in [0, 0.05) is 18.5 Å². The molecule has 1 aliphatic heterocycles. The molecule has 1 heterocycles. The third-order valence-corrected chi connectivity index (χ3v) is 6.36. The van der Waals surface area contributed by atoms with Crippen molar-refractivity contribution in [3.05, 3.63) is 29.3 Å². The predicted molar refractivity (Wildman–Crippen MR) is 90.6 cm³/mol. The van der Waals surface area contributed by atoms with E-state index in [-0.39, 0.29) is 0 Å². The Hall–Kier alpha value is -1.02. The van der Waals surface area contributed by atoms with Crippen LogP contribution in [0.25, 0.3) is 0 Å². The molecule has 0 radical (unpaired) electrons. The SMILES string of the molecule is COc1cccc2c1CC[C@@H]1[C@H]2CCN1CC1CCCCC1. The summed E-state index contributed by atoms with van der Waals surface area (Å²) in [6, 6.07) is 7.47. The quantitative estimate of drug-likeness (QED) is 0.821. The Morgan fingerprint density at radius 2 is 1.95 bits per heavy atom. The van der Waals surface area contributed by atoms with Crippen LogP contribution in [-0.2, 0) is 6.42 Å². The first kappa shape index (κ1) is 14.6. The van der Waals surface area contributed by atoms with Crippen molar-refractivity contribution in [1.82, 2.24) is 4.90 Å². The van der Waals surface area contributed by atoms with Crippen molar-refractivity contribution in [3.8, 4) is 5.75 Å². The number of likely N-dealkylation sites (tertiary alicyclic amines) is 1. The average Bonchev–Trinajstić information content (AvgIpc) is 2.98. The van der Waals surface area contributed by atoms with Crippen LogP contribution in [0.4, 0.5) is 0 Å². The fourth-order valence-electron chi connectivity index (χ4n) is 5.27. The highest BCUT2D eigenvalue weighted by Crippen LogP contribution is 2.44. The molecule has 0 spiro atoms. The number of benzene rings is 1. The van der Waals surface area contributed by atoms with E-state index in [1.165, 1.54) is 70.0 Å². The highest BCUT2D eigenvalue weighted by atomic mass is 16.5. The first-order chi connectivity index (χ1) is 10.9. The van der Waals surface area contributed by atoms with E-state index < -0.39 is 0 Å². The van der Waals surface area contributed by atoms with E-state index >= 15 is 0 Å². The maximum absolute atomic E-state index is 5.60. The van der Waals surface area contributed by atoms with Crippen molar-refractivity contribution < 1.29 is 4.74 Å². The molecule has 2 atom stereocenters. The lowest BCUT2D eigenvalue weighted by Gasteiger charge is -2.36. The molecule has 1 aromatic rings. The number of hydrogen-bond acceptors (Lipinski definition) is 2. The molecule has 1 saturated heterocycles. The monoisotopic (exact) mass is 299 g/mol. The van der Waals surface area contributed by atoms with Crippen LogP contribution in [0.2, 0.25) is 0 Å². The zero-order valence-electron chi connectivity index (χ0n) is 13.9. The Balaban J connectivity index is 1.50. The summed E-state index contributed by atoms with van der Waals surface area (Å²) >= 11 is 0. The second-order valence-electron chi connectivity index (χ2n) is 7.53. The molecule has 2 nitrogen and oxygen atoms in total. The minimum absolute atomic E-state index is 0.752. The Kier molecular flexibility index (Phi) is 4.13. The van der Waals surface area contributed by atoms with E-state index in [2.05, 4.69) is 23.1 Å². The topological polar surface area (TPSA) is 12.5 Å². The van der Waals surface area contributed by atoms with Gasteiger partial charge < -0.3 is 4.74 Å². The molecule has 2 aliphatic carbocycles. The molecule has 1 aromatic carbocycles. The summed E-state index contributed by atoms with van der Waals surface area (Å²) in [7, 11) is 1.81. The van der Waals surface area contributed by atoms with Gasteiger partial charge in [-0.1, -0.05) is 31.4 Å². The molecule has 0 aromatic heterocycles. The Bertz CT molecular complexity index is 520. The molecule has 2 fully saturated rings. The summed E-state index contributed by atoms with van der Waals surface area (Å²) in [5, 5.41) is 0. The molecule has 0 bridgehead atoms. The Morgan fingerprint density at radius 3 is 2.77 bits per heavy atom. The van der Waals surface area contributed by atoms with Crippen LogP contribution in [0.1, 0.15) is 62.0 Å². The summed E-state index contributed by atoms with van der Waals surface area (Å²) < 4.78 is 5.60. The molecular weight excluding hydrogens is 270 g/mol. The van der Waals surface area contributed by atoms with Gasteiger partial charge in [0.2, 0.25) is 0 Å². The Labute approximate surface area is 134 Å². The second kappa shape index (κ2) is 6.23. The summed E-state index contributed by atoms with van der Waals surface area (Å²) in [5.74, 6) is 2.84. The highest BCUT2D eigenvalue weighted by Gasteiger charge is 2.39. The maximum Gasteiger partial charge on any atom is 0.122 e. The van der Waals surface area contributed by atoms with Crippen LogP contribution in [0.3, 0.4) is 0 Å². The Morgan fingerprint density at radius 1 is 1.09 bits per heavy atom. The van der Waals surface area contributed by atoms with Gasteiger partial charge in [0.1, 0.15) is 5.75 Å². The number of rotatable bonds is 3. The van der Waals surface area contributed by atoms with Gasteiger partial charge in [0.25, 0.3) is 0 Å². The van der Waals surface area contributed by atoms with Gasteiger partial charge in [-0.25, -0.2) is 0 Å². The molecule has 4 rings (SSSR count). The van der Waals surface area contributed by atoms with E-state index in [4.69, 9.17) is 4.74 Å². The first-order valence-corrected chi connectivity index (χ1v) is 9.26. The lowest BCUT2D eigenvalue weighted by Crippen LogP contribution is -2.38. The van der Waals surface area contributed by atoms with Crippen LogP contribution < -0.4 is 4.74 Å². The van der Waals surface area contributed by atoms with Crippen molar-refractivity contribution in [2.24, 2.45) is 5.92 Å². The van der Waals surface area contributed by atoms with Crippen molar-refractivity contribution in [3.63, 3.8) is 0 Å². The third-order valence-electron chi connectivity index (χ3n) is 6.36. The van der Waals surface area contributed by atoms with Gasteiger partial charge >= 0.3 is 0 Å². The van der Waals surface area contributed by atoms with E-state index in [9.17, 15) is 0 Å². The zero-order valence-corrected chi connectivity index (χ0v) is 13.9. The van der Waals surface area contributed by atoms with E-state index in [0.29, 0.717) is 0 Å². The highest BCUT2D eigenvalue weighted by molar-refractivity contribution is 5.45. The van der Waals surface area contributed by atoms with Crippen LogP contribution in [0.5, 0.6) is 5.75 Å². The largest absolute Gasteiger partial charge is 0.496 e. The minimum atomic E-state index is 0.752.